The van der Waals surface area contributed by atoms with E-state index in [1.165, 1.54) is 12.4 Å². The average molecular weight is 1410 g/mol. The molecule has 0 spiro atoms. The molecule has 6 N–H and O–H groups in total. The van der Waals surface area contributed by atoms with Crippen molar-refractivity contribution >= 4 is 107 Å². The minimum atomic E-state index is -0.756. The summed E-state index contributed by atoms with van der Waals surface area (Å²) in [5.41, 5.74) is 17.5. The van der Waals surface area contributed by atoms with Crippen molar-refractivity contribution in [2.75, 3.05) is 140 Å². The first-order valence-corrected chi connectivity index (χ1v) is 35.8. The Hall–Kier alpha value is -5.69. The number of likely N-dealkylation sites (N-methyl/N-ethyl adjacent to an activating group) is 2. The number of carbonyl (C=O) groups excluding carboxylic acids is 4. The first kappa shape index (κ1) is 81.7. The maximum Gasteiger partial charge on any atom is 0.328 e. The molecule has 4 aliphatic heterocycles. The summed E-state index contributed by atoms with van der Waals surface area (Å²) in [7, 11) is 8.51. The van der Waals surface area contributed by atoms with Gasteiger partial charge in [0.1, 0.15) is 41.1 Å². The summed E-state index contributed by atoms with van der Waals surface area (Å²) in [6, 6.07) is 11.4. The average Bonchev–Trinajstić information content (AvgIpc) is 0.786. The molecular formula is C67H103ClN16O7S4. The number of hydrogen-bond acceptors (Lipinski definition) is 21. The molecule has 0 radical (unpaired) electrons. The highest BCUT2D eigenvalue weighted by molar-refractivity contribution is 8.00. The van der Waals surface area contributed by atoms with Crippen LogP contribution in [0.2, 0.25) is 0 Å². The number of nitrogens with zero attached hydrogens (tertiary/aromatic N) is 12. The number of halogens is 1. The molecule has 4 aromatic rings. The number of ether oxygens (including phenoxy) is 3. The molecule has 6 amide bonds. The largest absolute Gasteiger partial charge is 0.481 e. The van der Waals surface area contributed by atoms with Gasteiger partial charge in [-0.05, 0) is 164 Å². The minimum absolute atomic E-state index is 0. The van der Waals surface area contributed by atoms with Gasteiger partial charge in [0.2, 0.25) is 24.0 Å². The molecule has 8 rings (SSSR count). The summed E-state index contributed by atoms with van der Waals surface area (Å²) in [4.78, 5) is 81.4. The van der Waals surface area contributed by atoms with Crippen LogP contribution in [-0.4, -0.2) is 202 Å². The molecule has 0 atom stereocenters. The van der Waals surface area contributed by atoms with Crippen LogP contribution in [0.4, 0.5) is 32.9 Å². The van der Waals surface area contributed by atoms with E-state index in [2.05, 4.69) is 106 Å². The van der Waals surface area contributed by atoms with Gasteiger partial charge in [0, 0.05) is 110 Å². The van der Waals surface area contributed by atoms with Crippen molar-refractivity contribution in [2.24, 2.45) is 11.5 Å². The van der Waals surface area contributed by atoms with Gasteiger partial charge in [-0.25, -0.2) is 24.5 Å². The summed E-state index contributed by atoms with van der Waals surface area (Å²) in [6.45, 7) is 23.8. The molecule has 95 heavy (non-hydrogen) atoms. The molecule has 0 aromatic carbocycles. The highest BCUT2D eigenvalue weighted by atomic mass is 35.5. The minimum Gasteiger partial charge on any atom is -0.481 e. The monoisotopic (exact) mass is 1410 g/mol. The summed E-state index contributed by atoms with van der Waals surface area (Å²) in [5, 5.41) is 25.0. The van der Waals surface area contributed by atoms with Gasteiger partial charge in [-0.1, -0.05) is 27.7 Å². The molecule has 8 heterocycles. The third-order valence-electron chi connectivity index (χ3n) is 16.9. The third kappa shape index (κ3) is 24.7. The van der Waals surface area contributed by atoms with Gasteiger partial charge >= 0.3 is 12.1 Å². The Labute approximate surface area is 588 Å². The Morgan fingerprint density at radius 1 is 0.632 bits per heavy atom. The second-order valence-corrected chi connectivity index (χ2v) is 32.0. The lowest BCUT2D eigenvalue weighted by Gasteiger charge is -2.34. The maximum atomic E-state index is 13.6. The molecule has 23 nitrogen and oxygen atoms in total. The number of nitrogens with one attached hydrogen (secondary N) is 2. The number of pyridine rings is 4. The number of thioether (sulfide) groups is 3. The van der Waals surface area contributed by atoms with Gasteiger partial charge in [0.25, 0.3) is 0 Å². The lowest BCUT2D eigenvalue weighted by Crippen LogP contribution is -2.48. The standard InChI is InChI=1S/C30H41N7O4S.C28H37N7O3S.C5H13NS.C4H11NS.ClH/c1-30(2,42-6)10-9-20-15-24(32-17-23(20)16-31)33-29(39)37-11-7-8-21-14-22(18-36-13-12-35(3)19-25(36)38)26(34-27(21)37)28(40-4)41-5;1-28(2,39-5)9-8-19-14-23(30-16-22(19)15-29)31-27(37)35-10-6-7-20-13-21(26(38-4)32-25(20)35)17-34-12-11-33(3)18-24(34)36;1-5(2,4-6)7-3;1-4(2,6)3-5;/h14-15,17,28H,7-13,18-19H2,1-6H3,(H,32,33,39);13-14,16H,6-12,17-18H2,1-5H3,(H,30,31,37);4,6H2,1-3H3;6H,3,5H2,1-2H3;1H. The summed E-state index contributed by atoms with van der Waals surface area (Å²) >= 11 is 9.50. The lowest BCUT2D eigenvalue weighted by molar-refractivity contribution is -0.136. The molecule has 524 valence electrons. The number of fused-ring (bicyclic) bond motifs is 2. The fourth-order valence-electron chi connectivity index (χ4n) is 10.1. The van der Waals surface area contributed by atoms with Crippen molar-refractivity contribution in [3.8, 4) is 18.0 Å². The van der Waals surface area contributed by atoms with Gasteiger partial charge in [-0.2, -0.15) is 63.4 Å². The molecule has 28 heteroatoms. The number of urea groups is 2. The van der Waals surface area contributed by atoms with Gasteiger partial charge < -0.3 is 35.5 Å². The van der Waals surface area contributed by atoms with Crippen LogP contribution in [0.3, 0.4) is 0 Å². The Morgan fingerprint density at radius 3 is 1.40 bits per heavy atom. The van der Waals surface area contributed by atoms with Crippen LogP contribution in [0, 0.1) is 22.7 Å². The van der Waals surface area contributed by atoms with Crippen LogP contribution in [0.15, 0.2) is 36.7 Å². The first-order valence-electron chi connectivity index (χ1n) is 31.7. The van der Waals surface area contributed by atoms with E-state index in [1.54, 1.807) is 78.5 Å². The van der Waals surface area contributed by atoms with Gasteiger partial charge in [0.15, 0.2) is 0 Å². The van der Waals surface area contributed by atoms with E-state index in [0.717, 1.165) is 91.5 Å². The van der Waals surface area contributed by atoms with Crippen LogP contribution in [-0.2, 0) is 57.8 Å². The van der Waals surface area contributed by atoms with Crippen LogP contribution in [0.5, 0.6) is 5.88 Å². The second-order valence-electron chi connectivity index (χ2n) is 26.2. The van der Waals surface area contributed by atoms with Gasteiger partial charge in [-0.3, -0.25) is 39.8 Å². The number of anilines is 4. The number of carbonyl (C=O) groups is 4. The maximum absolute atomic E-state index is 13.6. The fourth-order valence-corrected chi connectivity index (χ4v) is 10.9. The Kier molecular flexibility index (Phi) is 32.6. The highest BCUT2D eigenvalue weighted by Crippen LogP contribution is 2.36. The second kappa shape index (κ2) is 37.9. The number of piperazine rings is 2. The summed E-state index contributed by atoms with van der Waals surface area (Å²) in [5.74, 6) is 2.44. The zero-order valence-electron chi connectivity index (χ0n) is 58.6. The number of rotatable bonds is 21. The Morgan fingerprint density at radius 2 is 1.04 bits per heavy atom. The molecule has 0 bridgehead atoms. The topological polar surface area (TPSA) is 291 Å². The number of amides is 6. The number of nitrogens with two attached hydrogens (primary N) is 2. The van der Waals surface area contributed by atoms with E-state index < -0.39 is 6.29 Å². The van der Waals surface area contributed by atoms with Crippen molar-refractivity contribution in [1.29, 1.82) is 10.5 Å². The number of aryl methyl sites for hydroxylation is 4. The van der Waals surface area contributed by atoms with E-state index >= 15 is 0 Å². The van der Waals surface area contributed by atoms with Gasteiger partial charge in [-0.15, -0.1) is 12.4 Å². The molecule has 0 aliphatic carbocycles. The van der Waals surface area contributed by atoms with Crippen molar-refractivity contribution in [2.45, 2.75) is 145 Å². The van der Waals surface area contributed by atoms with E-state index in [4.69, 9.17) is 35.6 Å². The number of methoxy groups -OCH3 is 3. The number of nitriles is 2. The van der Waals surface area contributed by atoms with Crippen molar-refractivity contribution in [3.05, 3.63) is 86.9 Å². The normalized spacial score (nSPS) is 15.3. The zero-order valence-corrected chi connectivity index (χ0v) is 62.8. The van der Waals surface area contributed by atoms with Crippen LogP contribution >= 0.6 is 60.3 Å². The first-order chi connectivity index (χ1) is 44.4. The molecule has 4 aliphatic rings. The van der Waals surface area contributed by atoms with Crippen molar-refractivity contribution < 1.29 is 33.4 Å². The van der Waals surface area contributed by atoms with E-state index in [-0.39, 0.29) is 55.3 Å². The zero-order chi connectivity index (χ0) is 69.7. The van der Waals surface area contributed by atoms with Gasteiger partial charge in [0.05, 0.1) is 37.9 Å². The van der Waals surface area contributed by atoms with E-state index in [0.29, 0.717) is 118 Å². The number of thiol groups is 1. The predicted octanol–water partition coefficient (Wildman–Crippen LogP) is 9.82. The van der Waals surface area contributed by atoms with E-state index in [9.17, 15) is 29.7 Å². The quantitative estimate of drug-likeness (QED) is 0.0383. The summed E-state index contributed by atoms with van der Waals surface area (Å²) < 4.78 is 17.2. The van der Waals surface area contributed by atoms with Crippen LogP contribution in [0.1, 0.15) is 138 Å². The third-order valence-corrected chi connectivity index (χ3v) is 21.0. The van der Waals surface area contributed by atoms with E-state index in [1.807, 2.05) is 59.7 Å². The Balaban J connectivity index is 0.000000338. The summed E-state index contributed by atoms with van der Waals surface area (Å²) in [6.07, 6.45) is 14.8. The molecule has 4 aromatic heterocycles. The Bertz CT molecular complexity index is 3300. The predicted molar refractivity (Wildman–Crippen MR) is 393 cm³/mol. The SMILES string of the molecule is CC(C)(S)CN.COC(OC)c1nc2c(cc1CN1CCN(C)CC1=O)CCCN2C(=O)Nc1cc(CCC(C)(C)SC)c(C#N)cn1.COc1nc2c(cc1CN1CCN(C)CC1=O)CCCN2C(=O)Nc1cc(CCC(C)(C)SC)c(C#N)cn1.CSC(C)(C)CN.Cl. The lowest BCUT2D eigenvalue weighted by atomic mass is 9.99. The molecule has 2 saturated heterocycles. The smallest absolute Gasteiger partial charge is 0.328 e. The fraction of sp³-hybridized carbons (Fsp3) is 0.612. The number of aromatic nitrogens is 4. The van der Waals surface area contributed by atoms with Crippen molar-refractivity contribution in [3.63, 3.8) is 0 Å². The van der Waals surface area contributed by atoms with Crippen LogP contribution in [0.25, 0.3) is 0 Å². The highest BCUT2D eigenvalue weighted by Gasteiger charge is 2.33. The molecule has 0 saturated carbocycles. The van der Waals surface area contributed by atoms with Crippen LogP contribution < -0.4 is 36.6 Å². The molecule has 2 fully saturated rings. The molecule has 0 unspecified atom stereocenters. The molecular weight excluding hydrogens is 1300 g/mol. The van der Waals surface area contributed by atoms with Crippen molar-refractivity contribution in [1.82, 2.24) is 39.5 Å². The number of hydrogen-bond donors (Lipinski definition) is 5.